The number of nitrogens with one attached hydrogen (secondary N) is 10. The molecule has 0 aliphatic heterocycles. The van der Waals surface area contributed by atoms with Crippen molar-refractivity contribution in [1.82, 2.24) is 42.5 Å². The Labute approximate surface area is 376 Å². The highest BCUT2D eigenvalue weighted by Crippen LogP contribution is 2.38. The molecule has 0 bridgehead atoms. The normalized spacial score (nSPS) is 14.4. The lowest BCUT2D eigenvalue weighted by molar-refractivity contribution is -0.141. The number of aliphatic carboxylic acids is 2. The summed E-state index contributed by atoms with van der Waals surface area (Å²) in [5.74, 6) is -9.68. The Hall–Kier alpha value is -7.74. The summed E-state index contributed by atoms with van der Waals surface area (Å²) in [5, 5.41) is 43.6. The van der Waals surface area contributed by atoms with E-state index >= 15 is 0 Å². The maximum Gasteiger partial charge on any atom is 0.305 e. The summed E-state index contributed by atoms with van der Waals surface area (Å²) in [6.07, 6.45) is 0.988. The Morgan fingerprint density at radius 1 is 0.530 bits per heavy atom. The number of anilines is 2. The molecule has 0 aromatic heterocycles. The highest BCUT2D eigenvalue weighted by molar-refractivity contribution is 6.21. The topological polar surface area (TPSA) is 418 Å². The number of fused-ring (bicyclic) bond motifs is 1. The van der Waals surface area contributed by atoms with Crippen LogP contribution >= 0.6 is 0 Å². The first-order valence-corrected chi connectivity index (χ1v) is 20.5. The third kappa shape index (κ3) is 16.4. The van der Waals surface area contributed by atoms with Gasteiger partial charge < -0.3 is 74.8 Å². The number of carbonyl (C=O) groups excluding carboxylic acids is 10. The number of hydrogen-bond acceptors (Lipinski definition) is 16. The molecule has 1 aromatic rings. The lowest BCUT2D eigenvalue weighted by atomic mass is 9.79. The molecule has 2 aliphatic carbocycles. The van der Waals surface area contributed by atoms with Crippen molar-refractivity contribution in [2.24, 2.45) is 11.5 Å². The second kappa shape index (κ2) is 25.5. The van der Waals surface area contributed by atoms with E-state index in [2.05, 4.69) is 53.2 Å². The van der Waals surface area contributed by atoms with Crippen LogP contribution in [0.4, 0.5) is 11.4 Å². The van der Waals surface area contributed by atoms with E-state index in [0.717, 1.165) is 0 Å². The Morgan fingerprint density at radius 2 is 0.894 bits per heavy atom. The first-order valence-electron chi connectivity index (χ1n) is 20.5. The lowest BCUT2D eigenvalue weighted by Crippen LogP contribution is -2.54. The molecule has 66 heavy (non-hydrogen) atoms. The fourth-order valence-electron chi connectivity index (χ4n) is 6.41. The molecule has 16 N–H and O–H groups in total. The minimum absolute atomic E-state index is 0.0281. The molecule has 0 unspecified atom stereocenters. The molecule has 8 amide bonds. The van der Waals surface area contributed by atoms with Crippen LogP contribution in [0.25, 0.3) is 0 Å². The van der Waals surface area contributed by atoms with Crippen LogP contribution in [-0.2, 0) is 70.4 Å². The van der Waals surface area contributed by atoms with Crippen LogP contribution in [0.3, 0.4) is 0 Å². The number of amides is 8. The summed E-state index contributed by atoms with van der Waals surface area (Å²) in [6, 6.07) is -2.02. The number of hydrogen-bond donors (Lipinski definition) is 14. The van der Waals surface area contributed by atoms with Crippen LogP contribution < -0.4 is 64.6 Å². The molecule has 26 heteroatoms. The standard InChI is InChI=1S/C40H54N12O14/c1-19(49-39(65)27(13-35(59)60)51-33(57)17-47-31(55)15-41)37(63)45-9-7-43-25-3-4-26(22-12-24-23(11-21(22)25)29(53)5-6-30(24)54)44-8-10-46-38(64)20(2)50-40(66)28(14-36(61)62)52-34(58)18-48-32(56)16-42/h3-6,19-20,27-28,43-44H,7-18,41-42H2,1-2H3,(H,45,63)(H,46,64)(H,47,55)(H,48,56)(H,49,65)(H,50,66)(H,51,57)(H,52,58)(H,59,60)(H,61,62)/t19-,20-,27-,28-/m0/s1. The lowest BCUT2D eigenvalue weighted by Gasteiger charge is -2.28. The molecule has 0 fully saturated rings. The molecule has 2 aliphatic rings. The van der Waals surface area contributed by atoms with Gasteiger partial charge >= 0.3 is 11.9 Å². The van der Waals surface area contributed by atoms with Gasteiger partial charge in [0.15, 0.2) is 11.6 Å². The average molecular weight is 927 g/mol. The Morgan fingerprint density at radius 3 is 1.23 bits per heavy atom. The predicted molar refractivity (Wildman–Crippen MR) is 231 cm³/mol. The van der Waals surface area contributed by atoms with Crippen LogP contribution in [0.2, 0.25) is 0 Å². The number of rotatable bonds is 26. The average Bonchev–Trinajstić information content (AvgIpc) is 3.27. The summed E-state index contributed by atoms with van der Waals surface area (Å²) in [6.45, 7) is 1.13. The van der Waals surface area contributed by atoms with Crippen LogP contribution in [0.15, 0.2) is 35.4 Å². The number of nitrogens with two attached hydrogens (primary N) is 2. The zero-order valence-electron chi connectivity index (χ0n) is 36.1. The molecule has 26 nitrogen and oxygen atoms in total. The van der Waals surface area contributed by atoms with Gasteiger partial charge in [-0.2, -0.15) is 0 Å². The quantitative estimate of drug-likeness (QED) is 0.0304. The maximum absolute atomic E-state index is 12.9. The van der Waals surface area contributed by atoms with Gasteiger partial charge in [-0.25, -0.2) is 0 Å². The first kappa shape index (κ1) is 52.6. The van der Waals surface area contributed by atoms with E-state index in [4.69, 9.17) is 11.5 Å². The van der Waals surface area contributed by atoms with E-state index in [1.807, 2.05) is 0 Å². The van der Waals surface area contributed by atoms with Crippen molar-refractivity contribution in [2.45, 2.75) is 63.7 Å². The Kier molecular flexibility index (Phi) is 20.3. The van der Waals surface area contributed by atoms with Gasteiger partial charge in [0, 0.05) is 61.5 Å². The van der Waals surface area contributed by atoms with Gasteiger partial charge in [-0.3, -0.25) is 57.5 Å². The minimum Gasteiger partial charge on any atom is -0.481 e. The fraction of sp³-hybridized carbons (Fsp3) is 0.450. The van der Waals surface area contributed by atoms with Gasteiger partial charge in [-0.1, -0.05) is 0 Å². The number of carbonyl (C=O) groups is 12. The van der Waals surface area contributed by atoms with Crippen molar-refractivity contribution in [2.75, 3.05) is 63.0 Å². The van der Waals surface area contributed by atoms with Gasteiger partial charge in [0.25, 0.3) is 0 Å². The molecular formula is C40H54N12O14. The predicted octanol–water partition coefficient (Wildman–Crippen LogP) is -6.08. The molecule has 0 saturated heterocycles. The number of carboxylic acid groups (broad SMARTS) is 2. The molecule has 1 aromatic carbocycles. The van der Waals surface area contributed by atoms with Crippen LogP contribution in [0, 0.1) is 0 Å². The SMILES string of the molecule is C[C@H](NC(=O)[C@H](CC(=O)O)NC(=O)CNC(=O)CN)C(=O)NCCNc1ccc(NCCNC(=O)[C@H](C)NC(=O)[C@H](CC(=O)O)NC(=O)CNC(=O)CN)c2c1CC1=C(C2)C(=O)C=CC1=O. The molecular weight excluding hydrogens is 873 g/mol. The van der Waals surface area contributed by atoms with E-state index in [9.17, 15) is 67.7 Å². The van der Waals surface area contributed by atoms with E-state index in [1.54, 1.807) is 12.1 Å². The zero-order chi connectivity index (χ0) is 49.1. The Bertz CT molecular complexity index is 2030. The molecule has 0 radical (unpaired) electrons. The summed E-state index contributed by atoms with van der Waals surface area (Å²) in [4.78, 5) is 147. The minimum atomic E-state index is -1.56. The molecule has 3 rings (SSSR count). The van der Waals surface area contributed by atoms with E-state index in [1.165, 1.54) is 26.0 Å². The summed E-state index contributed by atoms with van der Waals surface area (Å²) < 4.78 is 0. The third-order valence-electron chi connectivity index (χ3n) is 9.79. The van der Waals surface area contributed by atoms with Gasteiger partial charge in [-0.05, 0) is 49.3 Å². The first-order chi connectivity index (χ1) is 31.2. The second-order valence-electron chi connectivity index (χ2n) is 14.8. The summed E-state index contributed by atoms with van der Waals surface area (Å²) in [5.41, 5.74) is 13.5. The number of ketones is 2. The fourth-order valence-corrected chi connectivity index (χ4v) is 6.41. The summed E-state index contributed by atoms with van der Waals surface area (Å²) >= 11 is 0. The highest BCUT2D eigenvalue weighted by Gasteiger charge is 2.32. The number of carboxylic acids is 2. The van der Waals surface area contributed by atoms with Crippen molar-refractivity contribution in [1.29, 1.82) is 0 Å². The van der Waals surface area contributed by atoms with Crippen molar-refractivity contribution in [3.63, 3.8) is 0 Å². The Balaban J connectivity index is 1.60. The van der Waals surface area contributed by atoms with Crippen molar-refractivity contribution in [3.8, 4) is 0 Å². The van der Waals surface area contributed by atoms with E-state index in [0.29, 0.717) is 33.6 Å². The maximum atomic E-state index is 12.9. The zero-order valence-corrected chi connectivity index (χ0v) is 36.1. The third-order valence-corrected chi connectivity index (χ3v) is 9.79. The molecule has 358 valence electrons. The molecule has 0 spiro atoms. The molecule has 0 saturated carbocycles. The van der Waals surface area contributed by atoms with Crippen molar-refractivity contribution in [3.05, 3.63) is 46.6 Å². The van der Waals surface area contributed by atoms with Gasteiger partial charge in [0.1, 0.15) is 24.2 Å². The van der Waals surface area contributed by atoms with Crippen molar-refractivity contribution < 1.29 is 67.7 Å². The van der Waals surface area contributed by atoms with Crippen LogP contribution in [0.1, 0.15) is 37.8 Å². The largest absolute Gasteiger partial charge is 0.481 e. The molecule has 0 heterocycles. The van der Waals surface area contributed by atoms with Crippen molar-refractivity contribution >= 4 is 82.1 Å². The highest BCUT2D eigenvalue weighted by atomic mass is 16.4. The van der Waals surface area contributed by atoms with Gasteiger partial charge in [0.2, 0.25) is 47.3 Å². The monoisotopic (exact) mass is 926 g/mol. The smallest absolute Gasteiger partial charge is 0.305 e. The van der Waals surface area contributed by atoms with E-state index < -0.39 is 122 Å². The van der Waals surface area contributed by atoms with Crippen LogP contribution in [-0.4, -0.2) is 158 Å². The van der Waals surface area contributed by atoms with Gasteiger partial charge in [-0.15, -0.1) is 0 Å². The molecule has 4 atom stereocenters. The van der Waals surface area contributed by atoms with Gasteiger partial charge in [0.05, 0.1) is 39.0 Å². The second-order valence-corrected chi connectivity index (χ2v) is 14.8. The number of allylic oxidation sites excluding steroid dienone is 4. The van der Waals surface area contributed by atoms with E-state index in [-0.39, 0.29) is 50.6 Å². The number of benzene rings is 1. The summed E-state index contributed by atoms with van der Waals surface area (Å²) in [7, 11) is 0. The van der Waals surface area contributed by atoms with Crippen LogP contribution in [0.5, 0.6) is 0 Å².